The highest BCUT2D eigenvalue weighted by molar-refractivity contribution is 5.86. The lowest BCUT2D eigenvalue weighted by Gasteiger charge is -2.35. The molecule has 0 saturated carbocycles. The van der Waals surface area contributed by atoms with Crippen molar-refractivity contribution in [2.45, 2.75) is 18.9 Å². The van der Waals surface area contributed by atoms with E-state index in [0.717, 1.165) is 31.6 Å². The van der Waals surface area contributed by atoms with Crippen molar-refractivity contribution in [3.63, 3.8) is 0 Å². The molecular weight excluding hydrogens is 282 g/mol. The Balaban J connectivity index is 1.78. The first-order valence-electron chi connectivity index (χ1n) is 7.69. The van der Waals surface area contributed by atoms with Gasteiger partial charge in [-0.1, -0.05) is 12.1 Å². The molecule has 1 saturated heterocycles. The normalized spacial score (nSPS) is 20.3. The summed E-state index contributed by atoms with van der Waals surface area (Å²) in [7, 11) is 1.59. The third-order valence-corrected chi connectivity index (χ3v) is 4.19. The van der Waals surface area contributed by atoms with E-state index in [1.807, 2.05) is 34.1 Å². The molecule has 2 aliphatic heterocycles. The molecule has 0 unspecified atom stereocenters. The monoisotopic (exact) mass is 303 g/mol. The SMILES string of the molecule is CNC(=O)[C@H]1CN(CC(=O)N2CCCC2)c2ccccc2O1. The van der Waals surface area contributed by atoms with Gasteiger partial charge >= 0.3 is 0 Å². The van der Waals surface area contributed by atoms with Crippen molar-refractivity contribution in [2.24, 2.45) is 0 Å². The predicted octanol–water partition coefficient (Wildman–Crippen LogP) is 0.622. The Morgan fingerprint density at radius 3 is 2.73 bits per heavy atom. The van der Waals surface area contributed by atoms with E-state index in [4.69, 9.17) is 4.74 Å². The standard InChI is InChI=1S/C16H21N3O3/c1-17-16(21)14-10-19(11-15(20)18-8-4-5-9-18)12-6-2-3-7-13(12)22-14/h2-3,6-7,14H,4-5,8-11H2,1H3,(H,17,21)/t14-/m1/s1. The van der Waals surface area contributed by atoms with Crippen molar-refractivity contribution >= 4 is 17.5 Å². The van der Waals surface area contributed by atoms with Crippen LogP contribution in [-0.2, 0) is 9.59 Å². The summed E-state index contributed by atoms with van der Waals surface area (Å²) >= 11 is 0. The number of hydrogen-bond acceptors (Lipinski definition) is 4. The van der Waals surface area contributed by atoms with E-state index >= 15 is 0 Å². The van der Waals surface area contributed by atoms with Gasteiger partial charge in [0.2, 0.25) is 5.91 Å². The quantitative estimate of drug-likeness (QED) is 0.889. The molecule has 0 spiro atoms. The number of anilines is 1. The van der Waals surface area contributed by atoms with Crippen LogP contribution in [0.15, 0.2) is 24.3 Å². The molecule has 3 rings (SSSR count). The second kappa shape index (κ2) is 6.25. The molecule has 22 heavy (non-hydrogen) atoms. The number of hydrogen-bond donors (Lipinski definition) is 1. The Labute approximate surface area is 130 Å². The summed E-state index contributed by atoms with van der Waals surface area (Å²) < 4.78 is 5.74. The van der Waals surface area contributed by atoms with Crippen molar-refractivity contribution in [1.29, 1.82) is 0 Å². The van der Waals surface area contributed by atoms with Gasteiger partial charge in [-0.05, 0) is 25.0 Å². The Hall–Kier alpha value is -2.24. The Morgan fingerprint density at radius 2 is 2.00 bits per heavy atom. The Bertz CT molecular complexity index is 570. The molecular formula is C16H21N3O3. The van der Waals surface area contributed by atoms with E-state index in [2.05, 4.69) is 5.32 Å². The fraction of sp³-hybridized carbons (Fsp3) is 0.500. The number of benzene rings is 1. The number of nitrogens with one attached hydrogen (secondary N) is 1. The maximum absolute atomic E-state index is 12.4. The summed E-state index contributed by atoms with van der Waals surface area (Å²) in [5.74, 6) is 0.592. The van der Waals surface area contributed by atoms with Gasteiger partial charge in [-0.15, -0.1) is 0 Å². The number of likely N-dealkylation sites (N-methyl/N-ethyl adjacent to an activating group) is 1. The van der Waals surface area contributed by atoms with Gasteiger partial charge in [0.1, 0.15) is 5.75 Å². The van der Waals surface area contributed by atoms with E-state index in [1.54, 1.807) is 7.05 Å². The van der Waals surface area contributed by atoms with Gasteiger partial charge in [0, 0.05) is 20.1 Å². The smallest absolute Gasteiger partial charge is 0.262 e. The molecule has 0 aromatic heterocycles. The van der Waals surface area contributed by atoms with Gasteiger partial charge < -0.3 is 19.9 Å². The topological polar surface area (TPSA) is 61.9 Å². The van der Waals surface area contributed by atoms with Gasteiger partial charge in [-0.3, -0.25) is 9.59 Å². The number of amides is 2. The van der Waals surface area contributed by atoms with Crippen LogP contribution in [-0.4, -0.2) is 56.0 Å². The van der Waals surface area contributed by atoms with Crippen molar-refractivity contribution in [1.82, 2.24) is 10.2 Å². The van der Waals surface area contributed by atoms with E-state index in [1.165, 1.54) is 0 Å². The number of nitrogens with zero attached hydrogens (tertiary/aromatic N) is 2. The number of fused-ring (bicyclic) bond motifs is 1. The molecule has 1 aromatic carbocycles. The maximum atomic E-state index is 12.4. The molecule has 6 heteroatoms. The van der Waals surface area contributed by atoms with Gasteiger partial charge in [-0.2, -0.15) is 0 Å². The van der Waals surface area contributed by atoms with E-state index < -0.39 is 6.10 Å². The summed E-state index contributed by atoms with van der Waals surface area (Å²) in [6.45, 7) is 2.34. The van der Waals surface area contributed by atoms with Crippen LogP contribution in [0.4, 0.5) is 5.69 Å². The van der Waals surface area contributed by atoms with Crippen molar-refractivity contribution < 1.29 is 14.3 Å². The highest BCUT2D eigenvalue weighted by Crippen LogP contribution is 2.33. The van der Waals surface area contributed by atoms with E-state index in [9.17, 15) is 9.59 Å². The molecule has 1 atom stereocenters. The highest BCUT2D eigenvalue weighted by atomic mass is 16.5. The zero-order valence-corrected chi connectivity index (χ0v) is 12.7. The minimum absolute atomic E-state index is 0.116. The highest BCUT2D eigenvalue weighted by Gasteiger charge is 2.32. The fourth-order valence-electron chi connectivity index (χ4n) is 2.98. The average Bonchev–Trinajstić information content (AvgIpc) is 3.08. The zero-order valence-electron chi connectivity index (χ0n) is 12.7. The average molecular weight is 303 g/mol. The summed E-state index contributed by atoms with van der Waals surface area (Å²) in [5, 5.41) is 2.61. The predicted molar refractivity (Wildman–Crippen MR) is 83.0 cm³/mol. The van der Waals surface area contributed by atoms with Gasteiger partial charge in [0.15, 0.2) is 6.10 Å². The molecule has 0 aliphatic carbocycles. The number of carbonyl (C=O) groups excluding carboxylic acids is 2. The maximum Gasteiger partial charge on any atom is 0.262 e. The fourth-order valence-corrected chi connectivity index (χ4v) is 2.98. The molecule has 2 heterocycles. The largest absolute Gasteiger partial charge is 0.477 e. The van der Waals surface area contributed by atoms with Crippen LogP contribution in [0.25, 0.3) is 0 Å². The van der Waals surface area contributed by atoms with Crippen molar-refractivity contribution in [2.75, 3.05) is 38.1 Å². The second-order valence-corrected chi connectivity index (χ2v) is 5.66. The summed E-state index contributed by atoms with van der Waals surface area (Å²) in [6.07, 6.45) is 1.56. The molecule has 2 amide bonds. The second-order valence-electron chi connectivity index (χ2n) is 5.66. The van der Waals surface area contributed by atoms with Crippen LogP contribution in [0.3, 0.4) is 0 Å². The zero-order chi connectivity index (χ0) is 15.5. The van der Waals surface area contributed by atoms with Crippen LogP contribution in [0.2, 0.25) is 0 Å². The van der Waals surface area contributed by atoms with Crippen LogP contribution >= 0.6 is 0 Å². The van der Waals surface area contributed by atoms with Crippen LogP contribution in [0, 0.1) is 0 Å². The van der Waals surface area contributed by atoms with Gasteiger partial charge in [0.05, 0.1) is 18.8 Å². The summed E-state index contributed by atoms with van der Waals surface area (Å²) in [6, 6.07) is 7.53. The van der Waals surface area contributed by atoms with E-state index in [0.29, 0.717) is 12.3 Å². The van der Waals surface area contributed by atoms with Crippen molar-refractivity contribution in [3.8, 4) is 5.75 Å². The first-order valence-corrected chi connectivity index (χ1v) is 7.69. The number of likely N-dealkylation sites (tertiary alicyclic amines) is 1. The van der Waals surface area contributed by atoms with Crippen LogP contribution in [0.5, 0.6) is 5.75 Å². The molecule has 1 fully saturated rings. The van der Waals surface area contributed by atoms with Crippen LogP contribution in [0.1, 0.15) is 12.8 Å². The Kier molecular flexibility index (Phi) is 4.18. The molecule has 0 bridgehead atoms. The molecule has 118 valence electrons. The third-order valence-electron chi connectivity index (χ3n) is 4.19. The molecule has 1 aromatic rings. The third kappa shape index (κ3) is 2.86. The first kappa shape index (κ1) is 14.7. The lowest BCUT2D eigenvalue weighted by atomic mass is 10.1. The summed E-state index contributed by atoms with van der Waals surface area (Å²) in [4.78, 5) is 28.2. The van der Waals surface area contributed by atoms with Crippen molar-refractivity contribution in [3.05, 3.63) is 24.3 Å². The minimum atomic E-state index is -0.591. The lowest BCUT2D eigenvalue weighted by molar-refractivity contribution is -0.130. The van der Waals surface area contributed by atoms with Crippen LogP contribution < -0.4 is 15.0 Å². The first-order chi connectivity index (χ1) is 10.7. The van der Waals surface area contributed by atoms with Gasteiger partial charge in [-0.25, -0.2) is 0 Å². The Morgan fingerprint density at radius 1 is 1.27 bits per heavy atom. The minimum Gasteiger partial charge on any atom is -0.477 e. The number of rotatable bonds is 3. The molecule has 0 radical (unpaired) electrons. The number of ether oxygens (including phenoxy) is 1. The number of para-hydroxylation sites is 2. The lowest BCUT2D eigenvalue weighted by Crippen LogP contribution is -2.50. The molecule has 6 nitrogen and oxygen atoms in total. The van der Waals surface area contributed by atoms with Gasteiger partial charge in [0.25, 0.3) is 5.91 Å². The molecule has 2 aliphatic rings. The summed E-state index contributed by atoms with van der Waals surface area (Å²) in [5.41, 5.74) is 0.871. The molecule has 1 N–H and O–H groups in total. The number of carbonyl (C=O) groups is 2. The van der Waals surface area contributed by atoms with E-state index in [-0.39, 0.29) is 18.4 Å².